The van der Waals surface area contributed by atoms with Crippen LogP contribution in [-0.2, 0) is 6.42 Å². The molecule has 2 aromatic rings. The third-order valence-electron chi connectivity index (χ3n) is 2.67. The molecule has 0 radical (unpaired) electrons. The number of nitrogens with zero attached hydrogens (tertiary/aromatic N) is 1. The highest BCUT2D eigenvalue weighted by Crippen LogP contribution is 2.12. The molecule has 2 rings (SSSR count). The Morgan fingerprint density at radius 2 is 1.78 bits per heavy atom. The molecule has 0 aliphatic heterocycles. The van der Waals surface area contributed by atoms with Gasteiger partial charge in [-0.15, -0.1) is 0 Å². The monoisotopic (exact) mass is 243 g/mol. The van der Waals surface area contributed by atoms with Crippen molar-refractivity contribution in [2.45, 2.75) is 20.3 Å². The van der Waals surface area contributed by atoms with Gasteiger partial charge in [0.1, 0.15) is 5.82 Å². The number of pyridine rings is 1. The molecule has 0 unspecified atom stereocenters. The summed E-state index contributed by atoms with van der Waals surface area (Å²) in [5, 5.41) is 0. The molecule has 0 bridgehead atoms. The molecule has 1 heterocycles. The van der Waals surface area contributed by atoms with E-state index >= 15 is 0 Å². The summed E-state index contributed by atoms with van der Waals surface area (Å²) >= 11 is 0. The maximum absolute atomic E-state index is 13.0. The minimum Gasteiger partial charge on any atom is -0.294 e. The van der Waals surface area contributed by atoms with Crippen LogP contribution < -0.4 is 0 Å². The summed E-state index contributed by atoms with van der Waals surface area (Å²) in [4.78, 5) is 15.7. The fraction of sp³-hybridized carbons (Fsp3) is 0.200. The van der Waals surface area contributed by atoms with Gasteiger partial charge in [0, 0.05) is 18.2 Å². The van der Waals surface area contributed by atoms with Crippen molar-refractivity contribution in [3.63, 3.8) is 0 Å². The lowest BCUT2D eigenvalue weighted by atomic mass is 10.0. The number of hydrogen-bond donors (Lipinski definition) is 0. The van der Waals surface area contributed by atoms with Gasteiger partial charge in [0.05, 0.1) is 6.20 Å². The first kappa shape index (κ1) is 12.4. The molecule has 0 atom stereocenters. The fourth-order valence-electron chi connectivity index (χ4n) is 2.02. The van der Waals surface area contributed by atoms with Crippen LogP contribution in [0.5, 0.6) is 0 Å². The van der Waals surface area contributed by atoms with Crippen molar-refractivity contribution in [2.24, 2.45) is 0 Å². The lowest BCUT2D eigenvalue weighted by Gasteiger charge is -2.04. The highest BCUT2D eigenvalue weighted by atomic mass is 19.1. The van der Waals surface area contributed by atoms with Gasteiger partial charge < -0.3 is 0 Å². The number of carbonyl (C=O) groups excluding carboxylic acids is 1. The average Bonchev–Trinajstić information content (AvgIpc) is 2.27. The summed E-state index contributed by atoms with van der Waals surface area (Å²) < 4.78 is 13.0. The van der Waals surface area contributed by atoms with Crippen molar-refractivity contribution < 1.29 is 9.18 Å². The zero-order chi connectivity index (χ0) is 13.1. The Balaban J connectivity index is 2.21. The van der Waals surface area contributed by atoms with Gasteiger partial charge in [-0.1, -0.05) is 29.3 Å². The van der Waals surface area contributed by atoms with Crippen LogP contribution in [-0.4, -0.2) is 10.8 Å². The zero-order valence-corrected chi connectivity index (χ0v) is 10.4. The SMILES string of the molecule is Cc1cc(C)cc(CC(=O)c2cncc(F)c2)c1. The molecule has 0 saturated heterocycles. The molecular formula is C15H14FNO. The van der Waals surface area contributed by atoms with E-state index in [0.29, 0.717) is 5.56 Å². The Kier molecular flexibility index (Phi) is 3.51. The first-order chi connectivity index (χ1) is 8.54. The van der Waals surface area contributed by atoms with Crippen LogP contribution in [0, 0.1) is 19.7 Å². The van der Waals surface area contributed by atoms with Gasteiger partial charge in [0.25, 0.3) is 0 Å². The number of carbonyl (C=O) groups is 1. The largest absolute Gasteiger partial charge is 0.294 e. The normalized spacial score (nSPS) is 10.4. The third kappa shape index (κ3) is 3.00. The van der Waals surface area contributed by atoms with Gasteiger partial charge in [-0.25, -0.2) is 4.39 Å². The molecule has 0 N–H and O–H groups in total. The van der Waals surface area contributed by atoms with E-state index in [0.717, 1.165) is 22.9 Å². The van der Waals surface area contributed by atoms with Crippen molar-refractivity contribution in [1.29, 1.82) is 0 Å². The van der Waals surface area contributed by atoms with Gasteiger partial charge in [0.15, 0.2) is 5.78 Å². The number of halogens is 1. The lowest BCUT2D eigenvalue weighted by molar-refractivity contribution is 0.0992. The molecule has 0 aliphatic rings. The van der Waals surface area contributed by atoms with E-state index in [2.05, 4.69) is 11.1 Å². The molecule has 2 nitrogen and oxygen atoms in total. The molecule has 0 amide bonds. The Morgan fingerprint density at radius 3 is 2.39 bits per heavy atom. The molecule has 18 heavy (non-hydrogen) atoms. The minimum absolute atomic E-state index is 0.119. The van der Waals surface area contributed by atoms with Gasteiger partial charge in [-0.2, -0.15) is 0 Å². The molecule has 1 aromatic carbocycles. The van der Waals surface area contributed by atoms with Crippen LogP contribution in [0.1, 0.15) is 27.0 Å². The van der Waals surface area contributed by atoms with E-state index < -0.39 is 5.82 Å². The van der Waals surface area contributed by atoms with Crippen LogP contribution >= 0.6 is 0 Å². The van der Waals surface area contributed by atoms with E-state index in [9.17, 15) is 9.18 Å². The number of aromatic nitrogens is 1. The molecule has 0 fully saturated rings. The molecular weight excluding hydrogens is 229 g/mol. The zero-order valence-electron chi connectivity index (χ0n) is 10.4. The van der Waals surface area contributed by atoms with Crippen molar-refractivity contribution in [3.8, 4) is 0 Å². The number of Topliss-reactive ketones (excluding diaryl/α,β-unsaturated/α-hetero) is 1. The van der Waals surface area contributed by atoms with Gasteiger partial charge in [-0.3, -0.25) is 9.78 Å². The van der Waals surface area contributed by atoms with Crippen LogP contribution in [0.25, 0.3) is 0 Å². The predicted molar refractivity (Wildman–Crippen MR) is 68.1 cm³/mol. The number of aryl methyl sites for hydroxylation is 2. The first-order valence-electron chi connectivity index (χ1n) is 5.75. The highest BCUT2D eigenvalue weighted by Gasteiger charge is 2.09. The van der Waals surface area contributed by atoms with Gasteiger partial charge in [0.2, 0.25) is 0 Å². The smallest absolute Gasteiger partial charge is 0.168 e. The van der Waals surface area contributed by atoms with Crippen molar-refractivity contribution in [2.75, 3.05) is 0 Å². The predicted octanol–water partition coefficient (Wildman–Crippen LogP) is 3.26. The van der Waals surface area contributed by atoms with Crippen LogP contribution in [0.15, 0.2) is 36.7 Å². The summed E-state index contributed by atoms with van der Waals surface area (Å²) in [6.45, 7) is 3.98. The summed E-state index contributed by atoms with van der Waals surface area (Å²) in [7, 11) is 0. The standard InChI is InChI=1S/C15H14FNO/c1-10-3-11(2)5-12(4-10)6-15(18)13-7-14(16)9-17-8-13/h3-5,7-9H,6H2,1-2H3. The first-order valence-corrected chi connectivity index (χ1v) is 5.75. The highest BCUT2D eigenvalue weighted by molar-refractivity contribution is 5.97. The fourth-order valence-corrected chi connectivity index (χ4v) is 2.02. The van der Waals surface area contributed by atoms with Gasteiger partial charge in [-0.05, 0) is 25.5 Å². The van der Waals surface area contributed by atoms with E-state index in [-0.39, 0.29) is 12.2 Å². The average molecular weight is 243 g/mol. The van der Waals surface area contributed by atoms with Crippen LogP contribution in [0.3, 0.4) is 0 Å². The Labute approximate surface area is 105 Å². The van der Waals surface area contributed by atoms with Crippen LogP contribution in [0.2, 0.25) is 0 Å². The Bertz CT molecular complexity index is 573. The van der Waals surface area contributed by atoms with E-state index in [1.165, 1.54) is 12.3 Å². The number of benzene rings is 1. The second-order valence-electron chi connectivity index (χ2n) is 4.49. The second-order valence-corrected chi connectivity index (χ2v) is 4.49. The summed E-state index contributed by atoms with van der Waals surface area (Å²) in [6, 6.07) is 7.21. The molecule has 92 valence electrons. The molecule has 0 saturated carbocycles. The minimum atomic E-state index is -0.485. The maximum atomic E-state index is 13.0. The van der Waals surface area contributed by atoms with Gasteiger partial charge >= 0.3 is 0 Å². The van der Waals surface area contributed by atoms with E-state index in [1.807, 2.05) is 26.0 Å². The van der Waals surface area contributed by atoms with Crippen molar-refractivity contribution >= 4 is 5.78 Å². The molecule has 1 aromatic heterocycles. The Hall–Kier alpha value is -2.03. The Morgan fingerprint density at radius 1 is 1.11 bits per heavy atom. The van der Waals surface area contributed by atoms with Crippen molar-refractivity contribution in [1.82, 2.24) is 4.98 Å². The quantitative estimate of drug-likeness (QED) is 0.774. The number of hydrogen-bond acceptors (Lipinski definition) is 2. The summed E-state index contributed by atoms with van der Waals surface area (Å²) in [5.41, 5.74) is 3.50. The lowest BCUT2D eigenvalue weighted by Crippen LogP contribution is -2.05. The second kappa shape index (κ2) is 5.08. The number of ketones is 1. The van der Waals surface area contributed by atoms with E-state index in [1.54, 1.807) is 0 Å². The van der Waals surface area contributed by atoms with E-state index in [4.69, 9.17) is 0 Å². The third-order valence-corrected chi connectivity index (χ3v) is 2.67. The summed E-state index contributed by atoms with van der Waals surface area (Å²) in [6.07, 6.45) is 2.76. The summed E-state index contributed by atoms with van der Waals surface area (Å²) in [5.74, 6) is -0.603. The molecule has 0 aliphatic carbocycles. The van der Waals surface area contributed by atoms with Crippen molar-refractivity contribution in [3.05, 3.63) is 64.7 Å². The molecule has 3 heteroatoms. The van der Waals surface area contributed by atoms with Crippen LogP contribution in [0.4, 0.5) is 4.39 Å². The maximum Gasteiger partial charge on any atom is 0.168 e. The molecule has 0 spiro atoms. The topological polar surface area (TPSA) is 30.0 Å². The number of rotatable bonds is 3.